The summed E-state index contributed by atoms with van der Waals surface area (Å²) in [6.45, 7) is 5.59. The highest BCUT2D eigenvalue weighted by molar-refractivity contribution is 7.18. The summed E-state index contributed by atoms with van der Waals surface area (Å²) in [4.78, 5) is 12.3. The van der Waals surface area contributed by atoms with Crippen molar-refractivity contribution in [1.82, 2.24) is 10.2 Å². The van der Waals surface area contributed by atoms with Crippen molar-refractivity contribution in [1.29, 1.82) is 0 Å². The van der Waals surface area contributed by atoms with Crippen LogP contribution in [0.1, 0.15) is 18.1 Å². The topological polar surface area (TPSA) is 64.1 Å². The van der Waals surface area contributed by atoms with Crippen molar-refractivity contribution in [3.05, 3.63) is 58.6 Å². The maximum absolute atomic E-state index is 12.3. The molecule has 0 bridgehead atoms. The van der Waals surface area contributed by atoms with Gasteiger partial charge in [-0.1, -0.05) is 52.8 Å². The molecule has 3 aromatic rings. The Morgan fingerprint density at radius 2 is 1.88 bits per heavy atom. The molecule has 7 heteroatoms. The second kappa shape index (κ2) is 7.85. The molecule has 1 unspecified atom stereocenters. The van der Waals surface area contributed by atoms with E-state index in [1.54, 1.807) is 25.1 Å². The molecule has 1 heterocycles. The number of nitrogens with one attached hydrogen (secondary N) is 1. The van der Waals surface area contributed by atoms with Gasteiger partial charge in [0.15, 0.2) is 6.10 Å². The van der Waals surface area contributed by atoms with Crippen LogP contribution >= 0.6 is 22.9 Å². The van der Waals surface area contributed by atoms with Gasteiger partial charge in [-0.3, -0.25) is 10.1 Å². The summed E-state index contributed by atoms with van der Waals surface area (Å²) < 4.78 is 5.67. The molecule has 0 spiro atoms. The molecule has 134 valence electrons. The zero-order chi connectivity index (χ0) is 18.7. The second-order valence-electron chi connectivity index (χ2n) is 5.94. The van der Waals surface area contributed by atoms with Gasteiger partial charge >= 0.3 is 0 Å². The standard InChI is InChI=1S/C19H18ClN3O2S/c1-11-4-6-14(7-5-11)18-22-23-19(26-18)21-17(24)13(3)25-15-8-9-16(20)12(2)10-15/h4-10,13H,1-3H3,(H,21,23,24). The van der Waals surface area contributed by atoms with Crippen LogP contribution in [-0.4, -0.2) is 22.2 Å². The Morgan fingerprint density at radius 1 is 1.15 bits per heavy atom. The summed E-state index contributed by atoms with van der Waals surface area (Å²) in [6, 6.07) is 13.3. The van der Waals surface area contributed by atoms with Crippen molar-refractivity contribution in [2.75, 3.05) is 5.32 Å². The molecule has 0 radical (unpaired) electrons. The number of carbonyl (C=O) groups is 1. The van der Waals surface area contributed by atoms with Gasteiger partial charge < -0.3 is 4.74 Å². The van der Waals surface area contributed by atoms with E-state index in [0.29, 0.717) is 15.9 Å². The van der Waals surface area contributed by atoms with Crippen LogP contribution in [0.5, 0.6) is 5.75 Å². The molecule has 0 saturated heterocycles. The molecule has 26 heavy (non-hydrogen) atoms. The van der Waals surface area contributed by atoms with Gasteiger partial charge in [0.05, 0.1) is 0 Å². The van der Waals surface area contributed by atoms with E-state index in [2.05, 4.69) is 15.5 Å². The van der Waals surface area contributed by atoms with E-state index in [1.807, 2.05) is 38.1 Å². The summed E-state index contributed by atoms with van der Waals surface area (Å²) in [5.41, 5.74) is 3.04. The molecular formula is C19H18ClN3O2S. The highest BCUT2D eigenvalue weighted by Gasteiger charge is 2.17. The number of rotatable bonds is 5. The highest BCUT2D eigenvalue weighted by atomic mass is 35.5. The summed E-state index contributed by atoms with van der Waals surface area (Å²) in [5, 5.41) is 12.8. The third-order valence-corrected chi connectivity index (χ3v) is 5.08. The molecule has 2 aromatic carbocycles. The first-order valence-corrected chi connectivity index (χ1v) is 9.26. The minimum atomic E-state index is -0.678. The van der Waals surface area contributed by atoms with Crippen molar-refractivity contribution < 1.29 is 9.53 Å². The van der Waals surface area contributed by atoms with Crippen LogP contribution in [0.3, 0.4) is 0 Å². The fourth-order valence-electron chi connectivity index (χ4n) is 2.24. The zero-order valence-electron chi connectivity index (χ0n) is 14.6. The van der Waals surface area contributed by atoms with E-state index in [0.717, 1.165) is 16.1 Å². The predicted octanol–water partition coefficient (Wildman–Crippen LogP) is 4.88. The Balaban J connectivity index is 1.64. The summed E-state index contributed by atoms with van der Waals surface area (Å²) >= 11 is 7.32. The average molecular weight is 388 g/mol. The molecule has 0 aliphatic carbocycles. The van der Waals surface area contributed by atoms with Gasteiger partial charge in [0, 0.05) is 10.6 Å². The third-order valence-electron chi connectivity index (χ3n) is 3.77. The largest absolute Gasteiger partial charge is 0.481 e. The molecule has 5 nitrogen and oxygen atoms in total. The number of benzene rings is 2. The number of aryl methyl sites for hydroxylation is 2. The average Bonchev–Trinajstić information content (AvgIpc) is 3.07. The number of amides is 1. The van der Waals surface area contributed by atoms with Gasteiger partial charge in [-0.25, -0.2) is 0 Å². The number of anilines is 1. The summed E-state index contributed by atoms with van der Waals surface area (Å²) in [6.07, 6.45) is -0.678. The number of aromatic nitrogens is 2. The minimum Gasteiger partial charge on any atom is -0.481 e. The number of hydrogen-bond donors (Lipinski definition) is 1. The van der Waals surface area contributed by atoms with Crippen LogP contribution in [0.2, 0.25) is 5.02 Å². The summed E-state index contributed by atoms with van der Waals surface area (Å²) in [5.74, 6) is 0.302. The first kappa shape index (κ1) is 18.4. The quantitative estimate of drug-likeness (QED) is 0.677. The van der Waals surface area contributed by atoms with E-state index in [4.69, 9.17) is 16.3 Å². The number of hydrogen-bond acceptors (Lipinski definition) is 5. The molecule has 1 aromatic heterocycles. The van der Waals surface area contributed by atoms with Gasteiger partial charge in [-0.2, -0.15) is 0 Å². The molecule has 0 aliphatic rings. The van der Waals surface area contributed by atoms with E-state index < -0.39 is 6.10 Å². The van der Waals surface area contributed by atoms with Crippen LogP contribution in [0.25, 0.3) is 10.6 Å². The summed E-state index contributed by atoms with van der Waals surface area (Å²) in [7, 11) is 0. The fraction of sp³-hybridized carbons (Fsp3) is 0.211. The Kier molecular flexibility index (Phi) is 5.54. The molecule has 1 atom stereocenters. The molecule has 1 N–H and O–H groups in total. The van der Waals surface area contributed by atoms with Crippen molar-refractivity contribution in [3.63, 3.8) is 0 Å². The SMILES string of the molecule is Cc1ccc(-c2nnc(NC(=O)C(C)Oc3ccc(Cl)c(C)c3)s2)cc1. The fourth-order valence-corrected chi connectivity index (χ4v) is 3.11. The normalized spacial score (nSPS) is 11.8. The van der Waals surface area contributed by atoms with Gasteiger partial charge in [-0.05, 0) is 44.5 Å². The smallest absolute Gasteiger partial charge is 0.266 e. The Bertz CT molecular complexity index is 925. The molecular weight excluding hydrogens is 370 g/mol. The highest BCUT2D eigenvalue weighted by Crippen LogP contribution is 2.27. The second-order valence-corrected chi connectivity index (χ2v) is 7.32. The lowest BCUT2D eigenvalue weighted by Crippen LogP contribution is -2.30. The first-order chi connectivity index (χ1) is 12.4. The van der Waals surface area contributed by atoms with Gasteiger partial charge in [-0.15, -0.1) is 10.2 Å². The van der Waals surface area contributed by atoms with Gasteiger partial charge in [0.25, 0.3) is 5.91 Å². The van der Waals surface area contributed by atoms with Crippen molar-refractivity contribution in [3.8, 4) is 16.3 Å². The Morgan fingerprint density at radius 3 is 2.58 bits per heavy atom. The van der Waals surface area contributed by atoms with Crippen LogP contribution in [0.15, 0.2) is 42.5 Å². The van der Waals surface area contributed by atoms with Crippen LogP contribution < -0.4 is 10.1 Å². The maximum Gasteiger partial charge on any atom is 0.266 e. The van der Waals surface area contributed by atoms with Crippen molar-refractivity contribution >= 4 is 34.0 Å². The Hall–Kier alpha value is -2.44. The van der Waals surface area contributed by atoms with Crippen molar-refractivity contribution in [2.45, 2.75) is 26.9 Å². The first-order valence-electron chi connectivity index (χ1n) is 8.06. The van der Waals surface area contributed by atoms with E-state index >= 15 is 0 Å². The minimum absolute atomic E-state index is 0.288. The monoisotopic (exact) mass is 387 g/mol. The molecule has 0 saturated carbocycles. The predicted molar refractivity (Wildman–Crippen MR) is 105 cm³/mol. The number of halogens is 1. The Labute approximate surface area is 161 Å². The van der Waals surface area contributed by atoms with Crippen LogP contribution in [0, 0.1) is 13.8 Å². The maximum atomic E-state index is 12.3. The van der Waals surface area contributed by atoms with Crippen LogP contribution in [0.4, 0.5) is 5.13 Å². The molecule has 3 rings (SSSR count). The number of nitrogens with zero attached hydrogens (tertiary/aromatic N) is 2. The lowest BCUT2D eigenvalue weighted by atomic mass is 10.2. The molecule has 0 fully saturated rings. The van der Waals surface area contributed by atoms with Crippen LogP contribution in [-0.2, 0) is 4.79 Å². The van der Waals surface area contributed by atoms with Gasteiger partial charge in [0.2, 0.25) is 5.13 Å². The lowest BCUT2D eigenvalue weighted by molar-refractivity contribution is -0.122. The molecule has 1 amide bonds. The third kappa shape index (κ3) is 4.39. The number of ether oxygens (including phenoxy) is 1. The lowest BCUT2D eigenvalue weighted by Gasteiger charge is -2.14. The van der Waals surface area contributed by atoms with Gasteiger partial charge in [0.1, 0.15) is 10.8 Å². The van der Waals surface area contributed by atoms with Crippen molar-refractivity contribution in [2.24, 2.45) is 0 Å². The zero-order valence-corrected chi connectivity index (χ0v) is 16.2. The van der Waals surface area contributed by atoms with E-state index in [9.17, 15) is 4.79 Å². The number of carbonyl (C=O) groups excluding carboxylic acids is 1. The van der Waals surface area contributed by atoms with E-state index in [-0.39, 0.29) is 5.91 Å². The molecule has 0 aliphatic heterocycles. The van der Waals surface area contributed by atoms with E-state index in [1.165, 1.54) is 16.9 Å².